The van der Waals surface area contributed by atoms with Crippen molar-refractivity contribution in [2.45, 2.75) is 56.5 Å². The van der Waals surface area contributed by atoms with Gasteiger partial charge in [-0.05, 0) is 74.0 Å². The number of carboxylic acids is 1. The lowest BCUT2D eigenvalue weighted by Crippen LogP contribution is -2.56. The highest BCUT2D eigenvalue weighted by Crippen LogP contribution is 2.56. The van der Waals surface area contributed by atoms with E-state index < -0.39 is 28.8 Å². The maximum absolute atomic E-state index is 12.6. The predicted octanol–water partition coefficient (Wildman–Crippen LogP) is 4.73. The summed E-state index contributed by atoms with van der Waals surface area (Å²) in [6, 6.07) is 5.49. The first-order valence-corrected chi connectivity index (χ1v) is 14.2. The molecule has 1 atom stereocenters. The minimum atomic E-state index is -1.15. The molecule has 0 aliphatic heterocycles. The van der Waals surface area contributed by atoms with Gasteiger partial charge in [0.1, 0.15) is 17.4 Å². The van der Waals surface area contributed by atoms with Gasteiger partial charge in [0.15, 0.2) is 0 Å². The van der Waals surface area contributed by atoms with Gasteiger partial charge in [0.2, 0.25) is 0 Å². The first kappa shape index (κ1) is 26.8. The standard InChI is InChI=1S/C29H28Cl2N4O5/c30-19-12-32-13-20(31)22(19)27(38)33-18-3-1-14(2-4-18)8-21(28(39)40)34-23-24(26(37)25(23)36)35-29-9-15-5-16(10-29)7-17(6-15)11-29/h1-4,12-13,15-17,21,34-35H,5-11H2,(H,33,38)(H,39,40)/t15?,16?,17?,21-,29?/m0/s1. The average molecular weight is 583 g/mol. The third-order valence-corrected chi connectivity index (χ3v) is 9.26. The SMILES string of the molecule is O=C(Nc1ccc(C[C@H](Nc2c(NC34CC5CC(CC(C5)C3)C4)c(=O)c2=O)C(=O)O)cc1)c1c(Cl)cncc1Cl. The number of carboxylic acid groups (broad SMARTS) is 1. The molecule has 7 rings (SSSR count). The van der Waals surface area contributed by atoms with E-state index in [0.29, 0.717) is 29.0 Å². The summed E-state index contributed by atoms with van der Waals surface area (Å²) in [5.74, 6) is 0.307. The molecule has 40 heavy (non-hydrogen) atoms. The smallest absolute Gasteiger partial charge is 0.326 e. The van der Waals surface area contributed by atoms with Crippen LogP contribution in [0.4, 0.5) is 17.1 Å². The molecule has 0 spiro atoms. The Balaban J connectivity index is 1.14. The van der Waals surface area contributed by atoms with E-state index in [4.69, 9.17) is 23.2 Å². The topological polar surface area (TPSA) is 137 Å². The maximum Gasteiger partial charge on any atom is 0.326 e. The summed E-state index contributed by atoms with van der Waals surface area (Å²) in [5, 5.41) is 19.1. The molecule has 2 aromatic carbocycles. The summed E-state index contributed by atoms with van der Waals surface area (Å²) in [5.41, 5.74) is 0.0456. The van der Waals surface area contributed by atoms with Crippen LogP contribution in [0, 0.1) is 17.8 Å². The molecule has 1 amide bonds. The van der Waals surface area contributed by atoms with Gasteiger partial charge >= 0.3 is 5.97 Å². The van der Waals surface area contributed by atoms with Crippen molar-refractivity contribution in [3.63, 3.8) is 0 Å². The minimum absolute atomic E-state index is 0.0567. The van der Waals surface area contributed by atoms with Crippen molar-refractivity contribution in [2.75, 3.05) is 16.0 Å². The summed E-state index contributed by atoms with van der Waals surface area (Å²) >= 11 is 12.1. The Bertz CT molecular complexity index is 1510. The monoisotopic (exact) mass is 582 g/mol. The second kappa shape index (κ2) is 10.2. The Morgan fingerprint density at radius 2 is 1.48 bits per heavy atom. The van der Waals surface area contributed by atoms with Crippen LogP contribution < -0.4 is 26.8 Å². The summed E-state index contributed by atoms with van der Waals surface area (Å²) in [6.45, 7) is 0. The Labute approximate surface area is 240 Å². The second-order valence-electron chi connectivity index (χ2n) is 11.6. The maximum atomic E-state index is 12.6. The molecule has 0 radical (unpaired) electrons. The number of aliphatic carboxylic acids is 1. The molecule has 1 heterocycles. The van der Waals surface area contributed by atoms with Crippen LogP contribution in [0.2, 0.25) is 10.0 Å². The van der Waals surface area contributed by atoms with Gasteiger partial charge in [0, 0.05) is 30.0 Å². The van der Waals surface area contributed by atoms with Crippen LogP contribution in [-0.4, -0.2) is 33.5 Å². The van der Waals surface area contributed by atoms with E-state index in [2.05, 4.69) is 20.9 Å². The molecule has 0 saturated heterocycles. The Hall–Kier alpha value is -3.43. The molecule has 208 valence electrons. The lowest BCUT2D eigenvalue weighted by atomic mass is 9.53. The molecule has 3 aromatic rings. The summed E-state index contributed by atoms with van der Waals surface area (Å²) in [4.78, 5) is 53.7. The zero-order chi connectivity index (χ0) is 28.2. The Morgan fingerprint density at radius 1 is 0.925 bits per heavy atom. The average Bonchev–Trinajstić information content (AvgIpc) is 2.89. The minimum Gasteiger partial charge on any atom is -0.480 e. The lowest BCUT2D eigenvalue weighted by molar-refractivity contribution is -0.137. The summed E-state index contributed by atoms with van der Waals surface area (Å²) < 4.78 is 0. The number of hydrogen-bond acceptors (Lipinski definition) is 7. The number of pyridine rings is 1. The van der Waals surface area contributed by atoms with Crippen molar-refractivity contribution >= 4 is 52.1 Å². The second-order valence-corrected chi connectivity index (χ2v) is 12.4. The molecular weight excluding hydrogens is 555 g/mol. The first-order valence-electron chi connectivity index (χ1n) is 13.4. The number of aromatic nitrogens is 1. The van der Waals surface area contributed by atoms with E-state index in [1.54, 1.807) is 24.3 Å². The van der Waals surface area contributed by atoms with Gasteiger partial charge in [-0.25, -0.2) is 4.79 Å². The molecule has 0 unspecified atom stereocenters. The van der Waals surface area contributed by atoms with Crippen LogP contribution in [0.15, 0.2) is 46.2 Å². The molecule has 4 aliphatic rings. The lowest BCUT2D eigenvalue weighted by Gasteiger charge is -2.57. The van der Waals surface area contributed by atoms with Crippen LogP contribution in [0.3, 0.4) is 0 Å². The zero-order valence-corrected chi connectivity index (χ0v) is 23.0. The molecule has 4 bridgehead atoms. The van der Waals surface area contributed by atoms with Gasteiger partial charge < -0.3 is 21.1 Å². The molecule has 4 aliphatic carbocycles. The number of anilines is 3. The molecular formula is C29H28Cl2N4O5. The van der Waals surface area contributed by atoms with Crippen LogP contribution in [-0.2, 0) is 11.2 Å². The normalized spacial score (nSPS) is 25.5. The Morgan fingerprint density at radius 3 is 2.02 bits per heavy atom. The van der Waals surface area contributed by atoms with Crippen LogP contribution in [0.1, 0.15) is 54.4 Å². The van der Waals surface area contributed by atoms with Crippen LogP contribution in [0.5, 0.6) is 0 Å². The van der Waals surface area contributed by atoms with Gasteiger partial charge in [0.05, 0.1) is 15.6 Å². The molecule has 4 fully saturated rings. The van der Waals surface area contributed by atoms with E-state index in [0.717, 1.165) is 19.3 Å². The Kier molecular flexibility index (Phi) is 6.82. The largest absolute Gasteiger partial charge is 0.480 e. The highest BCUT2D eigenvalue weighted by atomic mass is 35.5. The molecule has 4 saturated carbocycles. The molecule has 1 aromatic heterocycles. The quantitative estimate of drug-likeness (QED) is 0.266. The molecule has 11 heteroatoms. The first-order chi connectivity index (χ1) is 19.1. The number of rotatable bonds is 9. The molecule has 9 nitrogen and oxygen atoms in total. The number of benzene rings is 1. The van der Waals surface area contributed by atoms with E-state index in [-0.39, 0.29) is 38.9 Å². The van der Waals surface area contributed by atoms with Crippen LogP contribution >= 0.6 is 23.2 Å². The van der Waals surface area contributed by atoms with Gasteiger partial charge in [-0.2, -0.15) is 0 Å². The third kappa shape index (κ3) is 4.97. The number of halogens is 2. The number of carbonyl (C=O) groups is 2. The van der Waals surface area contributed by atoms with E-state index in [1.165, 1.54) is 31.7 Å². The number of hydrogen-bond donors (Lipinski definition) is 4. The van der Waals surface area contributed by atoms with E-state index in [9.17, 15) is 24.3 Å². The van der Waals surface area contributed by atoms with Crippen LogP contribution in [0.25, 0.3) is 0 Å². The fourth-order valence-corrected chi connectivity index (χ4v) is 7.87. The zero-order valence-electron chi connectivity index (χ0n) is 21.5. The van der Waals surface area contributed by atoms with Crippen molar-refractivity contribution in [3.8, 4) is 0 Å². The van der Waals surface area contributed by atoms with Crippen molar-refractivity contribution in [2.24, 2.45) is 17.8 Å². The van der Waals surface area contributed by atoms with Gasteiger partial charge in [-0.15, -0.1) is 0 Å². The van der Waals surface area contributed by atoms with Gasteiger partial charge in [-0.3, -0.25) is 19.4 Å². The highest BCUT2D eigenvalue weighted by Gasteiger charge is 2.51. The number of nitrogens with one attached hydrogen (secondary N) is 3. The summed E-state index contributed by atoms with van der Waals surface area (Å²) in [7, 11) is 0. The van der Waals surface area contributed by atoms with Gasteiger partial charge in [0.25, 0.3) is 16.8 Å². The van der Waals surface area contributed by atoms with Crippen molar-refractivity contribution in [1.29, 1.82) is 0 Å². The number of amides is 1. The van der Waals surface area contributed by atoms with Crippen molar-refractivity contribution in [3.05, 3.63) is 78.3 Å². The number of nitrogens with zero attached hydrogens (tertiary/aromatic N) is 1. The summed E-state index contributed by atoms with van der Waals surface area (Å²) in [6.07, 6.45) is 9.40. The third-order valence-electron chi connectivity index (χ3n) is 8.69. The van der Waals surface area contributed by atoms with E-state index >= 15 is 0 Å². The van der Waals surface area contributed by atoms with Crippen molar-refractivity contribution < 1.29 is 14.7 Å². The van der Waals surface area contributed by atoms with Crippen molar-refractivity contribution in [1.82, 2.24) is 4.98 Å². The van der Waals surface area contributed by atoms with Gasteiger partial charge in [-0.1, -0.05) is 35.3 Å². The predicted molar refractivity (Wildman–Crippen MR) is 153 cm³/mol. The highest BCUT2D eigenvalue weighted by molar-refractivity contribution is 6.40. The fraction of sp³-hybridized carbons (Fsp3) is 0.414. The van der Waals surface area contributed by atoms with E-state index in [1.807, 2.05) is 0 Å². The fourth-order valence-electron chi connectivity index (χ4n) is 7.33. The molecule has 4 N–H and O–H groups in total. The number of carbonyl (C=O) groups excluding carboxylic acids is 1.